The molecule has 1 aliphatic rings. The third-order valence-electron chi connectivity index (χ3n) is 4.07. The van der Waals surface area contributed by atoms with Crippen LogP contribution in [0.4, 0.5) is 0 Å². The molecule has 106 valence electrons. The molecule has 0 aliphatic heterocycles. The summed E-state index contributed by atoms with van der Waals surface area (Å²) in [5.41, 5.74) is 2.29. The van der Waals surface area contributed by atoms with Crippen molar-refractivity contribution < 1.29 is 0 Å². The summed E-state index contributed by atoms with van der Waals surface area (Å²) in [6, 6.07) is 9.41. The maximum atomic E-state index is 3.94. The van der Waals surface area contributed by atoms with E-state index >= 15 is 0 Å². The summed E-state index contributed by atoms with van der Waals surface area (Å²) < 4.78 is 1.69. The highest BCUT2D eigenvalue weighted by Crippen LogP contribution is 2.22. The minimum absolute atomic E-state index is 0.356. The molecule has 1 atom stereocenters. The second-order valence-corrected chi connectivity index (χ2v) is 5.57. The lowest BCUT2D eigenvalue weighted by molar-refractivity contribution is 0.347. The monoisotopic (exact) mass is 271 g/mol. The van der Waals surface area contributed by atoms with E-state index in [0.717, 1.165) is 5.69 Å². The summed E-state index contributed by atoms with van der Waals surface area (Å²) in [6.45, 7) is 2.23. The van der Waals surface area contributed by atoms with Crippen molar-refractivity contribution >= 4 is 0 Å². The molecule has 1 aromatic heterocycles. The zero-order chi connectivity index (χ0) is 13.8. The Bertz CT molecular complexity index is 531. The molecule has 0 spiro atoms. The lowest BCUT2D eigenvalue weighted by atomic mass is 9.94. The van der Waals surface area contributed by atoms with Gasteiger partial charge < -0.3 is 5.32 Å². The molecule has 0 radical (unpaired) electrons. The van der Waals surface area contributed by atoms with Crippen molar-refractivity contribution in [2.45, 2.75) is 51.1 Å². The molecule has 0 amide bonds. The standard InChI is InChI=1S/C15H21N5/c1-12(17-14-7-3-2-4-8-14)13-6-5-9-15(10-13)20-11-16-18-19-20/h5-6,9-12,14,17H,2-4,7-8H2,1H3. The summed E-state index contributed by atoms with van der Waals surface area (Å²) >= 11 is 0. The van der Waals surface area contributed by atoms with E-state index in [1.807, 2.05) is 6.07 Å². The van der Waals surface area contributed by atoms with Gasteiger partial charge in [-0.05, 0) is 47.9 Å². The van der Waals surface area contributed by atoms with Crippen molar-refractivity contribution in [3.05, 3.63) is 36.2 Å². The van der Waals surface area contributed by atoms with Gasteiger partial charge >= 0.3 is 0 Å². The zero-order valence-corrected chi connectivity index (χ0v) is 11.9. The molecule has 1 aliphatic carbocycles. The topological polar surface area (TPSA) is 55.6 Å². The molecule has 1 heterocycles. The SMILES string of the molecule is CC(NC1CCCCC1)c1cccc(-n2cnnn2)c1. The largest absolute Gasteiger partial charge is 0.307 e. The van der Waals surface area contributed by atoms with Crippen LogP contribution in [-0.4, -0.2) is 26.2 Å². The number of hydrogen-bond acceptors (Lipinski definition) is 4. The van der Waals surface area contributed by atoms with Gasteiger partial charge in [-0.2, -0.15) is 0 Å². The van der Waals surface area contributed by atoms with Crippen LogP contribution in [0.25, 0.3) is 5.69 Å². The van der Waals surface area contributed by atoms with E-state index in [9.17, 15) is 0 Å². The van der Waals surface area contributed by atoms with Gasteiger partial charge in [0.2, 0.25) is 0 Å². The van der Waals surface area contributed by atoms with E-state index in [1.165, 1.54) is 37.7 Å². The maximum absolute atomic E-state index is 3.94. The van der Waals surface area contributed by atoms with Gasteiger partial charge in [-0.1, -0.05) is 31.4 Å². The molecule has 2 aromatic rings. The summed E-state index contributed by atoms with van der Waals surface area (Å²) in [5.74, 6) is 0. The third kappa shape index (κ3) is 3.04. The molecular formula is C15H21N5. The van der Waals surface area contributed by atoms with E-state index in [0.29, 0.717) is 12.1 Å². The number of benzene rings is 1. The van der Waals surface area contributed by atoms with Crippen LogP contribution in [0.3, 0.4) is 0 Å². The number of hydrogen-bond donors (Lipinski definition) is 1. The van der Waals surface area contributed by atoms with Crippen molar-refractivity contribution in [1.29, 1.82) is 0 Å². The van der Waals surface area contributed by atoms with Crippen LogP contribution in [0.2, 0.25) is 0 Å². The van der Waals surface area contributed by atoms with Crippen molar-refractivity contribution in [3.63, 3.8) is 0 Å². The van der Waals surface area contributed by atoms with Crippen molar-refractivity contribution in [2.75, 3.05) is 0 Å². The lowest BCUT2D eigenvalue weighted by Crippen LogP contribution is -2.33. The predicted molar refractivity (Wildman–Crippen MR) is 77.6 cm³/mol. The highest BCUT2D eigenvalue weighted by molar-refractivity contribution is 5.35. The first-order valence-corrected chi connectivity index (χ1v) is 7.42. The second-order valence-electron chi connectivity index (χ2n) is 5.57. The van der Waals surface area contributed by atoms with E-state index < -0.39 is 0 Å². The number of aromatic nitrogens is 4. The summed E-state index contributed by atoms with van der Waals surface area (Å²) in [7, 11) is 0. The molecule has 0 bridgehead atoms. The van der Waals surface area contributed by atoms with Crippen LogP contribution >= 0.6 is 0 Å². The van der Waals surface area contributed by atoms with Gasteiger partial charge in [0.1, 0.15) is 6.33 Å². The first kappa shape index (κ1) is 13.2. The van der Waals surface area contributed by atoms with E-state index in [1.54, 1.807) is 11.0 Å². The smallest absolute Gasteiger partial charge is 0.143 e. The Morgan fingerprint density at radius 1 is 1.25 bits per heavy atom. The molecule has 1 aromatic carbocycles. The van der Waals surface area contributed by atoms with Crippen LogP contribution in [-0.2, 0) is 0 Å². The first-order chi connectivity index (χ1) is 9.83. The van der Waals surface area contributed by atoms with Gasteiger partial charge in [-0.25, -0.2) is 4.68 Å². The van der Waals surface area contributed by atoms with E-state index in [2.05, 4.69) is 46.0 Å². The summed E-state index contributed by atoms with van der Waals surface area (Å²) in [6.07, 6.45) is 8.33. The number of tetrazole rings is 1. The Labute approximate surface area is 119 Å². The minimum Gasteiger partial charge on any atom is -0.307 e. The second kappa shape index (κ2) is 6.13. The highest BCUT2D eigenvalue weighted by Gasteiger charge is 2.16. The Morgan fingerprint density at radius 3 is 2.85 bits per heavy atom. The molecule has 1 unspecified atom stereocenters. The Balaban J connectivity index is 1.71. The number of nitrogens with zero attached hydrogens (tertiary/aromatic N) is 4. The van der Waals surface area contributed by atoms with Crippen LogP contribution in [0.1, 0.15) is 50.6 Å². The normalized spacial score (nSPS) is 18.1. The van der Waals surface area contributed by atoms with E-state index in [4.69, 9.17) is 0 Å². The van der Waals surface area contributed by atoms with Crippen LogP contribution in [0.5, 0.6) is 0 Å². The molecule has 1 saturated carbocycles. The third-order valence-corrected chi connectivity index (χ3v) is 4.07. The molecule has 0 saturated heterocycles. The van der Waals surface area contributed by atoms with Gasteiger partial charge in [0.05, 0.1) is 5.69 Å². The van der Waals surface area contributed by atoms with Crippen molar-refractivity contribution in [1.82, 2.24) is 25.5 Å². The van der Waals surface area contributed by atoms with Gasteiger partial charge in [0.15, 0.2) is 0 Å². The maximum Gasteiger partial charge on any atom is 0.143 e. The van der Waals surface area contributed by atoms with Crippen LogP contribution in [0, 0.1) is 0 Å². The first-order valence-electron chi connectivity index (χ1n) is 7.42. The Hall–Kier alpha value is -1.75. The molecule has 1 N–H and O–H groups in total. The quantitative estimate of drug-likeness (QED) is 0.928. The summed E-state index contributed by atoms with van der Waals surface area (Å²) in [4.78, 5) is 0. The molecular weight excluding hydrogens is 250 g/mol. The Morgan fingerprint density at radius 2 is 2.10 bits per heavy atom. The van der Waals surface area contributed by atoms with Gasteiger partial charge in [-0.3, -0.25) is 0 Å². The average molecular weight is 271 g/mol. The Kier molecular flexibility index (Phi) is 4.06. The van der Waals surface area contributed by atoms with Gasteiger partial charge in [0, 0.05) is 12.1 Å². The van der Waals surface area contributed by atoms with Crippen LogP contribution < -0.4 is 5.32 Å². The van der Waals surface area contributed by atoms with Gasteiger partial charge in [0.25, 0.3) is 0 Å². The fourth-order valence-electron chi connectivity index (χ4n) is 2.94. The predicted octanol–water partition coefficient (Wildman–Crippen LogP) is 2.65. The minimum atomic E-state index is 0.356. The van der Waals surface area contributed by atoms with Crippen LogP contribution in [0.15, 0.2) is 30.6 Å². The van der Waals surface area contributed by atoms with Gasteiger partial charge in [-0.15, -0.1) is 5.10 Å². The number of rotatable bonds is 4. The van der Waals surface area contributed by atoms with E-state index in [-0.39, 0.29) is 0 Å². The molecule has 1 fully saturated rings. The number of nitrogens with one attached hydrogen (secondary N) is 1. The molecule has 20 heavy (non-hydrogen) atoms. The van der Waals surface area contributed by atoms with Crippen molar-refractivity contribution in [2.24, 2.45) is 0 Å². The lowest BCUT2D eigenvalue weighted by Gasteiger charge is -2.27. The average Bonchev–Trinajstić information content (AvgIpc) is 3.03. The molecule has 3 rings (SSSR count). The molecule has 5 nitrogen and oxygen atoms in total. The fraction of sp³-hybridized carbons (Fsp3) is 0.533. The molecule has 5 heteroatoms. The fourth-order valence-corrected chi connectivity index (χ4v) is 2.94. The zero-order valence-electron chi connectivity index (χ0n) is 11.9. The summed E-state index contributed by atoms with van der Waals surface area (Å²) in [5, 5.41) is 15.1. The highest BCUT2D eigenvalue weighted by atomic mass is 15.5. The van der Waals surface area contributed by atoms with Crippen molar-refractivity contribution in [3.8, 4) is 5.69 Å².